The fourth-order valence-corrected chi connectivity index (χ4v) is 3.21. The number of fused-ring (bicyclic) bond motifs is 2. The normalized spacial score (nSPS) is 27.6. The summed E-state index contributed by atoms with van der Waals surface area (Å²) in [5.41, 5.74) is 0.376. The number of hydrogen-bond acceptors (Lipinski definition) is 4. The molecule has 1 aromatic carbocycles. The Morgan fingerprint density at radius 2 is 2.30 bits per heavy atom. The highest BCUT2D eigenvalue weighted by Crippen LogP contribution is 2.46. The molecule has 20 heavy (non-hydrogen) atoms. The van der Waals surface area contributed by atoms with Crippen LogP contribution in [-0.2, 0) is 19.7 Å². The zero-order valence-electron chi connectivity index (χ0n) is 11.3. The Balaban J connectivity index is 2.06. The first-order chi connectivity index (χ1) is 9.67. The minimum Gasteiger partial charge on any atom is -0.493 e. The minimum atomic E-state index is -0.625. The zero-order valence-corrected chi connectivity index (χ0v) is 11.3. The lowest BCUT2D eigenvalue weighted by Gasteiger charge is -2.37. The maximum Gasteiger partial charge on any atom is 0.329 e. The van der Waals surface area contributed by atoms with Crippen LogP contribution in [0.25, 0.3) is 0 Å². The highest BCUT2D eigenvalue weighted by atomic mass is 16.5. The molecule has 2 unspecified atom stereocenters. The van der Waals surface area contributed by atoms with E-state index in [-0.39, 0.29) is 11.9 Å². The number of carbonyl (C=O) groups is 2. The van der Waals surface area contributed by atoms with Gasteiger partial charge in [0.25, 0.3) is 0 Å². The highest BCUT2D eigenvalue weighted by Gasteiger charge is 2.54. The van der Waals surface area contributed by atoms with Crippen molar-refractivity contribution in [1.29, 1.82) is 0 Å². The minimum absolute atomic E-state index is 0.111. The summed E-state index contributed by atoms with van der Waals surface area (Å²) in [6.45, 7) is 2.57. The van der Waals surface area contributed by atoms with E-state index in [1.165, 1.54) is 0 Å². The lowest BCUT2D eigenvalue weighted by Crippen LogP contribution is -2.49. The number of rotatable bonds is 2. The van der Waals surface area contributed by atoms with Gasteiger partial charge in [0.1, 0.15) is 11.8 Å². The van der Waals surface area contributed by atoms with E-state index >= 15 is 0 Å². The fraction of sp³-hybridized carbons (Fsp3) is 0.467. The van der Waals surface area contributed by atoms with Crippen molar-refractivity contribution in [3.63, 3.8) is 0 Å². The van der Waals surface area contributed by atoms with Crippen LogP contribution in [0.4, 0.5) is 0 Å². The third-order valence-corrected chi connectivity index (χ3v) is 4.09. The number of hydrogen-bond donors (Lipinski definition) is 1. The van der Waals surface area contributed by atoms with Crippen LogP contribution < -0.4 is 10.1 Å². The fourth-order valence-electron chi connectivity index (χ4n) is 3.21. The van der Waals surface area contributed by atoms with Gasteiger partial charge in [0.2, 0.25) is 5.91 Å². The van der Waals surface area contributed by atoms with Crippen molar-refractivity contribution in [3.05, 3.63) is 29.8 Å². The maximum absolute atomic E-state index is 12.2. The molecule has 0 aliphatic carbocycles. The van der Waals surface area contributed by atoms with E-state index in [9.17, 15) is 9.59 Å². The molecule has 2 aliphatic heterocycles. The van der Waals surface area contributed by atoms with Crippen LogP contribution >= 0.6 is 0 Å². The number of para-hydroxylation sites is 1. The molecule has 2 atom stereocenters. The van der Waals surface area contributed by atoms with E-state index in [2.05, 4.69) is 5.32 Å². The Hall–Kier alpha value is -2.04. The molecule has 1 N–H and O–H groups in total. The van der Waals surface area contributed by atoms with Crippen LogP contribution in [0, 0.1) is 0 Å². The molecule has 1 aromatic rings. The van der Waals surface area contributed by atoms with Crippen LogP contribution in [0.3, 0.4) is 0 Å². The molecule has 2 aliphatic rings. The third-order valence-electron chi connectivity index (χ3n) is 4.09. The van der Waals surface area contributed by atoms with E-state index in [0.29, 0.717) is 26.1 Å². The largest absolute Gasteiger partial charge is 0.493 e. The molecule has 5 nitrogen and oxygen atoms in total. The summed E-state index contributed by atoms with van der Waals surface area (Å²) in [5, 5.41) is 2.77. The van der Waals surface area contributed by atoms with Gasteiger partial charge >= 0.3 is 5.97 Å². The topological polar surface area (TPSA) is 64.6 Å². The summed E-state index contributed by atoms with van der Waals surface area (Å²) >= 11 is 0. The van der Waals surface area contributed by atoms with Crippen LogP contribution in [-0.4, -0.2) is 31.1 Å². The van der Waals surface area contributed by atoms with E-state index in [0.717, 1.165) is 11.3 Å². The predicted octanol–water partition coefficient (Wildman–Crippen LogP) is 1.16. The second-order valence-corrected chi connectivity index (χ2v) is 5.18. The summed E-state index contributed by atoms with van der Waals surface area (Å²) in [6, 6.07) is 6.98. The van der Waals surface area contributed by atoms with Gasteiger partial charge in [-0.2, -0.15) is 0 Å². The van der Waals surface area contributed by atoms with Gasteiger partial charge in [0.15, 0.2) is 0 Å². The zero-order chi connectivity index (χ0) is 14.2. The number of esters is 1. The van der Waals surface area contributed by atoms with Gasteiger partial charge in [-0.3, -0.25) is 4.79 Å². The van der Waals surface area contributed by atoms with Crippen molar-refractivity contribution in [3.8, 4) is 5.75 Å². The van der Waals surface area contributed by atoms with E-state index < -0.39 is 11.5 Å². The molecule has 1 spiro atoms. The SMILES string of the molecule is CCOC(=O)C1NC(=O)CC12CCOc1ccccc12. The third kappa shape index (κ3) is 1.85. The average Bonchev–Trinajstić information content (AvgIpc) is 2.77. The quantitative estimate of drug-likeness (QED) is 0.823. The van der Waals surface area contributed by atoms with Gasteiger partial charge in [-0.25, -0.2) is 4.79 Å². The molecule has 0 radical (unpaired) electrons. The van der Waals surface area contributed by atoms with Crippen molar-refractivity contribution in [2.45, 2.75) is 31.2 Å². The number of benzene rings is 1. The average molecular weight is 275 g/mol. The van der Waals surface area contributed by atoms with Gasteiger partial charge in [-0.15, -0.1) is 0 Å². The lowest BCUT2D eigenvalue weighted by atomic mass is 9.70. The Labute approximate surface area is 117 Å². The summed E-state index contributed by atoms with van der Waals surface area (Å²) < 4.78 is 10.8. The molecule has 0 bridgehead atoms. The molecule has 106 valence electrons. The van der Waals surface area contributed by atoms with Gasteiger partial charge in [0.05, 0.1) is 13.2 Å². The summed E-state index contributed by atoms with van der Waals surface area (Å²) in [6.07, 6.45) is 0.934. The van der Waals surface area contributed by atoms with Crippen molar-refractivity contribution in [1.82, 2.24) is 5.32 Å². The number of ether oxygens (including phenoxy) is 2. The molecule has 2 heterocycles. The van der Waals surface area contributed by atoms with Crippen LogP contribution in [0.5, 0.6) is 5.75 Å². The smallest absolute Gasteiger partial charge is 0.329 e. The van der Waals surface area contributed by atoms with E-state index in [1.54, 1.807) is 6.92 Å². The first kappa shape index (κ1) is 13.0. The maximum atomic E-state index is 12.2. The molecular formula is C15H17NO4. The molecule has 5 heteroatoms. The molecule has 1 amide bonds. The molecule has 0 aromatic heterocycles. The van der Waals surface area contributed by atoms with Crippen LogP contribution in [0.15, 0.2) is 24.3 Å². The molecule has 0 saturated carbocycles. The number of carbonyl (C=O) groups excluding carboxylic acids is 2. The molecule has 3 rings (SSSR count). The Bertz CT molecular complexity index is 557. The number of nitrogens with one attached hydrogen (secondary N) is 1. The second kappa shape index (κ2) is 4.81. The van der Waals surface area contributed by atoms with Crippen molar-refractivity contribution >= 4 is 11.9 Å². The van der Waals surface area contributed by atoms with Crippen molar-refractivity contribution < 1.29 is 19.1 Å². The lowest BCUT2D eigenvalue weighted by molar-refractivity contribution is -0.147. The predicted molar refractivity (Wildman–Crippen MR) is 71.4 cm³/mol. The Kier molecular flexibility index (Phi) is 3.12. The van der Waals surface area contributed by atoms with Gasteiger partial charge in [-0.05, 0) is 19.4 Å². The van der Waals surface area contributed by atoms with Gasteiger partial charge < -0.3 is 14.8 Å². The highest BCUT2D eigenvalue weighted by molar-refractivity contribution is 5.92. The van der Waals surface area contributed by atoms with Crippen LogP contribution in [0.1, 0.15) is 25.3 Å². The van der Waals surface area contributed by atoms with E-state index in [4.69, 9.17) is 9.47 Å². The summed E-state index contributed by atoms with van der Waals surface area (Å²) in [7, 11) is 0. The van der Waals surface area contributed by atoms with Gasteiger partial charge in [-0.1, -0.05) is 18.2 Å². The van der Waals surface area contributed by atoms with Gasteiger partial charge in [0, 0.05) is 17.4 Å². The van der Waals surface area contributed by atoms with Crippen molar-refractivity contribution in [2.75, 3.05) is 13.2 Å². The first-order valence-electron chi connectivity index (χ1n) is 6.85. The Morgan fingerprint density at radius 3 is 3.10 bits per heavy atom. The molecule has 1 fully saturated rings. The monoisotopic (exact) mass is 275 g/mol. The second-order valence-electron chi connectivity index (χ2n) is 5.18. The molecule has 1 saturated heterocycles. The summed E-state index contributed by atoms with van der Waals surface area (Å²) in [4.78, 5) is 24.1. The summed E-state index contributed by atoms with van der Waals surface area (Å²) in [5.74, 6) is 0.277. The Morgan fingerprint density at radius 1 is 1.50 bits per heavy atom. The molecular weight excluding hydrogens is 258 g/mol. The first-order valence-corrected chi connectivity index (χ1v) is 6.85. The van der Waals surface area contributed by atoms with E-state index in [1.807, 2.05) is 24.3 Å². The van der Waals surface area contributed by atoms with Crippen molar-refractivity contribution in [2.24, 2.45) is 0 Å². The number of amides is 1. The standard InChI is InChI=1S/C15H17NO4/c1-2-19-14(18)13-15(9-12(17)16-13)7-8-20-11-6-4-3-5-10(11)15/h3-6,13H,2,7-9H2,1H3,(H,16,17). The van der Waals surface area contributed by atoms with Crippen LogP contribution in [0.2, 0.25) is 0 Å².